The molecule has 1 heterocycles. The fourth-order valence-corrected chi connectivity index (χ4v) is 2.50. The molecule has 2 N–H and O–H groups in total. The van der Waals surface area contributed by atoms with Crippen LogP contribution in [0.1, 0.15) is 24.2 Å². The summed E-state index contributed by atoms with van der Waals surface area (Å²) in [7, 11) is 1.69. The van der Waals surface area contributed by atoms with Crippen LogP contribution in [0.5, 0.6) is 5.75 Å². The first-order valence-electron chi connectivity index (χ1n) is 7.20. The van der Waals surface area contributed by atoms with E-state index in [0.717, 1.165) is 12.3 Å². The van der Waals surface area contributed by atoms with Crippen LogP contribution in [0.25, 0.3) is 10.9 Å². The van der Waals surface area contributed by atoms with Crippen LogP contribution < -0.4 is 10.1 Å². The van der Waals surface area contributed by atoms with Crippen LogP contribution in [0.2, 0.25) is 0 Å². The van der Waals surface area contributed by atoms with Gasteiger partial charge in [0.2, 0.25) is 0 Å². The maximum absolute atomic E-state index is 5.19. The number of nitrogens with one attached hydrogen (secondary N) is 2. The third kappa shape index (κ3) is 3.09. The van der Waals surface area contributed by atoms with Crippen molar-refractivity contribution in [2.24, 2.45) is 0 Å². The summed E-state index contributed by atoms with van der Waals surface area (Å²) in [5.41, 5.74) is 3.65. The van der Waals surface area contributed by atoms with E-state index in [0.29, 0.717) is 6.04 Å². The number of para-hydroxylation sites is 1. The van der Waals surface area contributed by atoms with Crippen molar-refractivity contribution >= 4 is 10.9 Å². The molecule has 0 bridgehead atoms. The zero-order chi connectivity index (χ0) is 14.7. The molecule has 2 aromatic carbocycles. The largest absolute Gasteiger partial charge is 0.497 e. The molecule has 3 rings (SSSR count). The fraction of sp³-hybridized carbons (Fsp3) is 0.222. The Balaban J connectivity index is 1.65. The number of benzene rings is 2. The van der Waals surface area contributed by atoms with Crippen molar-refractivity contribution in [1.29, 1.82) is 0 Å². The van der Waals surface area contributed by atoms with Gasteiger partial charge in [-0.2, -0.15) is 0 Å². The SMILES string of the molecule is COc1ccc([C@@H](C)NCc2cc3ccccc3[nH]2)cc1. The summed E-state index contributed by atoms with van der Waals surface area (Å²) in [6.07, 6.45) is 0. The van der Waals surface area contributed by atoms with Crippen molar-refractivity contribution in [2.75, 3.05) is 7.11 Å². The van der Waals surface area contributed by atoms with E-state index in [1.807, 2.05) is 12.1 Å². The second kappa shape index (κ2) is 6.02. The van der Waals surface area contributed by atoms with Crippen LogP contribution in [-0.2, 0) is 6.54 Å². The number of ether oxygens (including phenoxy) is 1. The van der Waals surface area contributed by atoms with Crippen molar-refractivity contribution in [3.63, 3.8) is 0 Å². The average molecular weight is 280 g/mol. The smallest absolute Gasteiger partial charge is 0.118 e. The molecule has 108 valence electrons. The van der Waals surface area contributed by atoms with Gasteiger partial charge in [0.05, 0.1) is 7.11 Å². The van der Waals surface area contributed by atoms with Crippen LogP contribution in [0, 0.1) is 0 Å². The molecule has 3 aromatic rings. The van der Waals surface area contributed by atoms with Crippen LogP contribution in [0.15, 0.2) is 54.6 Å². The van der Waals surface area contributed by atoms with Gasteiger partial charge in [-0.3, -0.25) is 0 Å². The van der Waals surface area contributed by atoms with E-state index in [9.17, 15) is 0 Å². The minimum absolute atomic E-state index is 0.294. The lowest BCUT2D eigenvalue weighted by molar-refractivity contribution is 0.414. The maximum Gasteiger partial charge on any atom is 0.118 e. The lowest BCUT2D eigenvalue weighted by Crippen LogP contribution is -2.18. The molecule has 1 aromatic heterocycles. The Morgan fingerprint density at radius 1 is 1.10 bits per heavy atom. The summed E-state index contributed by atoms with van der Waals surface area (Å²) in [6.45, 7) is 2.99. The second-order valence-corrected chi connectivity index (χ2v) is 5.26. The minimum atomic E-state index is 0.294. The molecule has 21 heavy (non-hydrogen) atoms. The molecule has 0 saturated carbocycles. The highest BCUT2D eigenvalue weighted by molar-refractivity contribution is 5.80. The number of aromatic amines is 1. The second-order valence-electron chi connectivity index (χ2n) is 5.26. The molecule has 0 aliphatic rings. The Kier molecular flexibility index (Phi) is 3.93. The molecule has 0 unspecified atom stereocenters. The molecule has 0 spiro atoms. The van der Waals surface area contributed by atoms with Gasteiger partial charge in [0, 0.05) is 23.8 Å². The standard InChI is InChI=1S/C18H20N2O/c1-13(14-7-9-17(21-2)10-8-14)19-12-16-11-15-5-3-4-6-18(15)20-16/h3-11,13,19-20H,12H2,1-2H3/t13-/m1/s1. The third-order valence-electron chi connectivity index (χ3n) is 3.80. The summed E-state index contributed by atoms with van der Waals surface area (Å²) in [6, 6.07) is 19.0. The van der Waals surface area contributed by atoms with Gasteiger partial charge in [-0.1, -0.05) is 30.3 Å². The van der Waals surface area contributed by atoms with Crippen molar-refractivity contribution < 1.29 is 4.74 Å². The Labute approximate surface area is 125 Å². The monoisotopic (exact) mass is 280 g/mol. The first kappa shape index (κ1) is 13.7. The van der Waals surface area contributed by atoms with Gasteiger partial charge in [-0.25, -0.2) is 0 Å². The lowest BCUT2D eigenvalue weighted by atomic mass is 10.1. The van der Waals surface area contributed by atoms with E-state index in [2.05, 4.69) is 59.7 Å². The van der Waals surface area contributed by atoms with E-state index < -0.39 is 0 Å². The summed E-state index contributed by atoms with van der Waals surface area (Å²) >= 11 is 0. The van der Waals surface area contributed by atoms with Gasteiger partial charge >= 0.3 is 0 Å². The number of aromatic nitrogens is 1. The van der Waals surface area contributed by atoms with Crippen LogP contribution in [0.3, 0.4) is 0 Å². The quantitative estimate of drug-likeness (QED) is 0.740. The van der Waals surface area contributed by atoms with E-state index in [-0.39, 0.29) is 0 Å². The average Bonchev–Trinajstić information content (AvgIpc) is 2.95. The van der Waals surface area contributed by atoms with Crippen LogP contribution >= 0.6 is 0 Å². The van der Waals surface area contributed by atoms with E-state index in [1.54, 1.807) is 7.11 Å². The normalized spacial score (nSPS) is 12.5. The minimum Gasteiger partial charge on any atom is -0.497 e. The maximum atomic E-state index is 5.19. The molecule has 1 atom stereocenters. The van der Waals surface area contributed by atoms with Crippen molar-refractivity contribution in [3.8, 4) is 5.75 Å². The highest BCUT2D eigenvalue weighted by Gasteiger charge is 2.06. The molecule has 0 saturated heterocycles. The number of fused-ring (bicyclic) bond motifs is 1. The Morgan fingerprint density at radius 2 is 1.86 bits per heavy atom. The van der Waals surface area contributed by atoms with Gasteiger partial charge < -0.3 is 15.0 Å². The summed E-state index contributed by atoms with van der Waals surface area (Å²) in [4.78, 5) is 3.44. The summed E-state index contributed by atoms with van der Waals surface area (Å²) < 4.78 is 5.19. The highest BCUT2D eigenvalue weighted by Crippen LogP contribution is 2.19. The van der Waals surface area contributed by atoms with E-state index >= 15 is 0 Å². The topological polar surface area (TPSA) is 37.0 Å². The number of hydrogen-bond donors (Lipinski definition) is 2. The molecular formula is C18H20N2O. The number of rotatable bonds is 5. The molecule has 0 aliphatic carbocycles. The summed E-state index contributed by atoms with van der Waals surface area (Å²) in [5.74, 6) is 0.890. The van der Waals surface area contributed by atoms with E-state index in [1.165, 1.54) is 22.2 Å². The number of hydrogen-bond acceptors (Lipinski definition) is 2. The summed E-state index contributed by atoms with van der Waals surface area (Å²) in [5, 5.41) is 4.80. The molecule has 0 fully saturated rings. The van der Waals surface area contributed by atoms with Crippen molar-refractivity contribution in [1.82, 2.24) is 10.3 Å². The molecule has 0 amide bonds. The van der Waals surface area contributed by atoms with Crippen molar-refractivity contribution in [2.45, 2.75) is 19.5 Å². The van der Waals surface area contributed by atoms with Gasteiger partial charge in [-0.15, -0.1) is 0 Å². The number of H-pyrrole nitrogens is 1. The molecule has 3 nitrogen and oxygen atoms in total. The molecular weight excluding hydrogens is 260 g/mol. The first-order chi connectivity index (χ1) is 10.3. The Hall–Kier alpha value is -2.26. The number of methoxy groups -OCH3 is 1. The zero-order valence-electron chi connectivity index (χ0n) is 12.4. The predicted molar refractivity (Wildman–Crippen MR) is 86.5 cm³/mol. The van der Waals surface area contributed by atoms with Crippen molar-refractivity contribution in [3.05, 3.63) is 65.9 Å². The van der Waals surface area contributed by atoms with Crippen LogP contribution in [0.4, 0.5) is 0 Å². The van der Waals surface area contributed by atoms with Gasteiger partial charge in [-0.05, 0) is 42.1 Å². The Morgan fingerprint density at radius 3 is 2.57 bits per heavy atom. The van der Waals surface area contributed by atoms with E-state index in [4.69, 9.17) is 4.74 Å². The highest BCUT2D eigenvalue weighted by atomic mass is 16.5. The molecule has 0 radical (unpaired) electrons. The zero-order valence-corrected chi connectivity index (χ0v) is 12.4. The predicted octanol–water partition coefficient (Wildman–Crippen LogP) is 4.03. The van der Waals surface area contributed by atoms with Crippen LogP contribution in [-0.4, -0.2) is 12.1 Å². The Bertz CT molecular complexity index is 682. The van der Waals surface area contributed by atoms with Gasteiger partial charge in [0.25, 0.3) is 0 Å². The van der Waals surface area contributed by atoms with Gasteiger partial charge in [0.15, 0.2) is 0 Å². The first-order valence-corrected chi connectivity index (χ1v) is 7.20. The van der Waals surface area contributed by atoms with Gasteiger partial charge in [0.1, 0.15) is 5.75 Å². The third-order valence-corrected chi connectivity index (χ3v) is 3.80. The molecule has 3 heteroatoms. The fourth-order valence-electron chi connectivity index (χ4n) is 2.50. The lowest BCUT2D eigenvalue weighted by Gasteiger charge is -2.14. The molecule has 0 aliphatic heterocycles.